The van der Waals surface area contributed by atoms with Crippen molar-refractivity contribution in [1.29, 1.82) is 5.26 Å². The van der Waals surface area contributed by atoms with Crippen molar-refractivity contribution in [2.45, 2.75) is 56.5 Å². The summed E-state index contributed by atoms with van der Waals surface area (Å²) in [5, 5.41) is 22.9. The maximum atomic E-state index is 12.6. The van der Waals surface area contributed by atoms with Crippen molar-refractivity contribution >= 4 is 23.5 Å². The number of benzene rings is 1. The van der Waals surface area contributed by atoms with Crippen molar-refractivity contribution in [3.63, 3.8) is 0 Å². The van der Waals surface area contributed by atoms with Gasteiger partial charge in [-0.05, 0) is 62.8 Å². The summed E-state index contributed by atoms with van der Waals surface area (Å²) < 4.78 is 0. The summed E-state index contributed by atoms with van der Waals surface area (Å²) in [7, 11) is 2.02. The Morgan fingerprint density at radius 3 is 2.71 bits per heavy atom. The molecule has 0 spiro atoms. The number of carbonyl (C=O) groups is 1. The quantitative estimate of drug-likeness (QED) is 0.493. The molecular formula is C25H28N8O. The van der Waals surface area contributed by atoms with Gasteiger partial charge >= 0.3 is 0 Å². The van der Waals surface area contributed by atoms with E-state index in [1.54, 1.807) is 30.5 Å². The van der Waals surface area contributed by atoms with Gasteiger partial charge in [-0.3, -0.25) is 9.89 Å². The van der Waals surface area contributed by atoms with Crippen molar-refractivity contribution < 1.29 is 4.79 Å². The summed E-state index contributed by atoms with van der Waals surface area (Å²) in [4.78, 5) is 23.9. The number of anilines is 3. The van der Waals surface area contributed by atoms with Crippen LogP contribution < -0.4 is 15.5 Å². The lowest BCUT2D eigenvalue weighted by Crippen LogP contribution is -2.43. The molecule has 0 aliphatic heterocycles. The molecule has 0 atom stereocenters. The molecule has 2 aromatic heterocycles. The van der Waals surface area contributed by atoms with Crippen LogP contribution in [0.1, 0.15) is 66.1 Å². The number of nitrogens with zero attached hydrogens (tertiary/aromatic N) is 5. The molecule has 2 aliphatic rings. The van der Waals surface area contributed by atoms with Gasteiger partial charge in [-0.2, -0.15) is 15.3 Å². The van der Waals surface area contributed by atoms with Crippen LogP contribution in [0.5, 0.6) is 0 Å². The van der Waals surface area contributed by atoms with E-state index in [9.17, 15) is 4.79 Å². The average Bonchev–Trinajstić information content (AvgIpc) is 3.63. The van der Waals surface area contributed by atoms with Crippen LogP contribution in [0.25, 0.3) is 0 Å². The largest absolute Gasteiger partial charge is 0.349 e. The van der Waals surface area contributed by atoms with Gasteiger partial charge in [-0.1, -0.05) is 6.07 Å². The topological polar surface area (TPSA) is 123 Å². The minimum atomic E-state index is -0.126. The Morgan fingerprint density at radius 1 is 1.12 bits per heavy atom. The van der Waals surface area contributed by atoms with Crippen LogP contribution in [0.2, 0.25) is 0 Å². The molecule has 9 nitrogen and oxygen atoms in total. The second-order valence-electron chi connectivity index (χ2n) is 9.13. The van der Waals surface area contributed by atoms with Crippen LogP contribution in [0.3, 0.4) is 0 Å². The summed E-state index contributed by atoms with van der Waals surface area (Å²) in [6.45, 7) is 0. The minimum Gasteiger partial charge on any atom is -0.349 e. The number of hydrogen-bond acceptors (Lipinski definition) is 7. The molecule has 0 radical (unpaired) electrons. The normalized spacial score (nSPS) is 19.8. The number of nitrogens with one attached hydrogen (secondary N) is 3. The van der Waals surface area contributed by atoms with Crippen molar-refractivity contribution in [3.8, 4) is 6.07 Å². The van der Waals surface area contributed by atoms with Crippen LogP contribution in [0.15, 0.2) is 42.6 Å². The maximum Gasteiger partial charge on any atom is 0.251 e. The van der Waals surface area contributed by atoms with Crippen LogP contribution in [0, 0.1) is 11.3 Å². The summed E-state index contributed by atoms with van der Waals surface area (Å²) >= 11 is 0. The molecule has 0 bridgehead atoms. The molecule has 34 heavy (non-hydrogen) atoms. The Bertz CT molecular complexity index is 1200. The Kier molecular flexibility index (Phi) is 6.12. The molecule has 174 valence electrons. The van der Waals surface area contributed by atoms with Gasteiger partial charge in [0, 0.05) is 48.6 Å². The van der Waals surface area contributed by atoms with Crippen LogP contribution in [-0.4, -0.2) is 45.2 Å². The van der Waals surface area contributed by atoms with Crippen LogP contribution in [-0.2, 0) is 0 Å². The van der Waals surface area contributed by atoms with Crippen molar-refractivity contribution in [2.24, 2.45) is 0 Å². The van der Waals surface area contributed by atoms with E-state index < -0.39 is 0 Å². The van der Waals surface area contributed by atoms with Gasteiger partial charge < -0.3 is 15.5 Å². The maximum absolute atomic E-state index is 12.6. The fourth-order valence-corrected chi connectivity index (χ4v) is 4.49. The molecule has 2 fully saturated rings. The third-order valence-electron chi connectivity index (χ3n) is 6.66. The van der Waals surface area contributed by atoms with Gasteiger partial charge in [-0.25, -0.2) is 4.98 Å². The molecule has 0 saturated heterocycles. The van der Waals surface area contributed by atoms with Crippen LogP contribution >= 0.6 is 0 Å². The number of hydrogen-bond donors (Lipinski definition) is 3. The van der Waals surface area contributed by atoms with E-state index in [4.69, 9.17) is 10.2 Å². The van der Waals surface area contributed by atoms with E-state index in [1.807, 2.05) is 13.1 Å². The average molecular weight is 457 g/mol. The first-order valence-electron chi connectivity index (χ1n) is 11.8. The molecule has 2 saturated carbocycles. The molecule has 9 heteroatoms. The summed E-state index contributed by atoms with van der Waals surface area (Å²) in [5.74, 6) is 2.65. The van der Waals surface area contributed by atoms with Crippen LogP contribution in [0.4, 0.5) is 17.6 Å². The predicted molar refractivity (Wildman–Crippen MR) is 129 cm³/mol. The lowest BCUT2D eigenvalue weighted by Gasteiger charge is -2.35. The summed E-state index contributed by atoms with van der Waals surface area (Å²) in [6.07, 6.45) is 7.85. The molecule has 1 aromatic carbocycles. The predicted octanol–water partition coefficient (Wildman–Crippen LogP) is 3.87. The van der Waals surface area contributed by atoms with E-state index in [1.165, 1.54) is 18.5 Å². The first kappa shape index (κ1) is 21.9. The standard InChI is InChI=1S/C25H28N8O/c1-33(25-27-12-11-22(30-25)29-23-14-21(31-32-23)17-5-6-17)20-9-7-19(8-10-20)28-24(34)18-4-2-3-16(13-18)15-26/h2-4,11-14,17,19-20H,5-10H2,1H3,(H,28,34)(H2,27,29,30,31,32). The highest BCUT2D eigenvalue weighted by Gasteiger charge is 2.27. The van der Waals surface area contributed by atoms with Gasteiger partial charge in [0.25, 0.3) is 5.91 Å². The number of carbonyl (C=O) groups excluding carboxylic acids is 1. The lowest BCUT2D eigenvalue weighted by molar-refractivity contribution is 0.0925. The number of H-pyrrole nitrogens is 1. The third kappa shape index (κ3) is 5.01. The van der Waals surface area contributed by atoms with E-state index in [0.29, 0.717) is 34.9 Å². The molecule has 3 N–H and O–H groups in total. The second-order valence-corrected chi connectivity index (χ2v) is 9.13. The SMILES string of the molecule is CN(c1nccc(Nc2cc(C3CC3)[nH]n2)n1)C1CCC(NC(=O)c2cccc(C#N)c2)CC1. The molecule has 5 rings (SSSR count). The van der Waals surface area contributed by atoms with E-state index in [0.717, 1.165) is 31.5 Å². The van der Waals surface area contributed by atoms with Crippen molar-refractivity contribution in [3.05, 3.63) is 59.4 Å². The van der Waals surface area contributed by atoms with E-state index >= 15 is 0 Å². The highest BCUT2D eigenvalue weighted by molar-refractivity contribution is 5.94. The molecule has 3 aromatic rings. The van der Waals surface area contributed by atoms with Gasteiger partial charge in [0.15, 0.2) is 5.82 Å². The highest BCUT2D eigenvalue weighted by atomic mass is 16.1. The first-order valence-corrected chi connectivity index (χ1v) is 11.8. The molecule has 2 heterocycles. The Labute approximate surface area is 198 Å². The molecule has 0 unspecified atom stereocenters. The Balaban J connectivity index is 1.15. The summed E-state index contributed by atoms with van der Waals surface area (Å²) in [6, 6.07) is 13.2. The zero-order chi connectivity index (χ0) is 23.5. The lowest BCUT2D eigenvalue weighted by atomic mass is 9.90. The second kappa shape index (κ2) is 9.51. The molecule has 2 aliphatic carbocycles. The van der Waals surface area contributed by atoms with Gasteiger partial charge in [0.2, 0.25) is 5.95 Å². The van der Waals surface area contributed by atoms with Gasteiger partial charge in [0.1, 0.15) is 5.82 Å². The monoisotopic (exact) mass is 456 g/mol. The molecular weight excluding hydrogens is 428 g/mol. The summed E-state index contributed by atoms with van der Waals surface area (Å²) in [5.41, 5.74) is 2.19. The number of nitriles is 1. The number of rotatable bonds is 7. The van der Waals surface area contributed by atoms with Gasteiger partial charge in [-0.15, -0.1) is 0 Å². The van der Waals surface area contributed by atoms with Crippen molar-refractivity contribution in [2.75, 3.05) is 17.3 Å². The van der Waals surface area contributed by atoms with Gasteiger partial charge in [0.05, 0.1) is 11.6 Å². The third-order valence-corrected chi connectivity index (χ3v) is 6.66. The fraction of sp³-hybridized carbons (Fsp3) is 0.400. The first-order chi connectivity index (χ1) is 16.6. The van der Waals surface area contributed by atoms with E-state index in [-0.39, 0.29) is 11.9 Å². The zero-order valence-corrected chi connectivity index (χ0v) is 19.2. The minimum absolute atomic E-state index is 0.122. The smallest absolute Gasteiger partial charge is 0.251 e. The highest BCUT2D eigenvalue weighted by Crippen LogP contribution is 2.39. The van der Waals surface area contributed by atoms with E-state index in [2.05, 4.69) is 42.9 Å². The number of aromatic nitrogens is 4. The Hall–Kier alpha value is -3.93. The fourth-order valence-electron chi connectivity index (χ4n) is 4.49. The number of aromatic amines is 1. The number of amides is 1. The van der Waals surface area contributed by atoms with Crippen molar-refractivity contribution in [1.82, 2.24) is 25.5 Å². The zero-order valence-electron chi connectivity index (χ0n) is 19.2. The molecule has 1 amide bonds. The Morgan fingerprint density at radius 2 is 1.94 bits per heavy atom.